The molecule has 2 unspecified atom stereocenters. The predicted molar refractivity (Wildman–Crippen MR) is 62.1 cm³/mol. The first-order valence-electron chi connectivity index (χ1n) is 6.13. The first-order valence-corrected chi connectivity index (χ1v) is 6.13. The molecule has 0 aromatic heterocycles. The zero-order valence-electron chi connectivity index (χ0n) is 10.5. The van der Waals surface area contributed by atoms with Crippen LogP contribution < -0.4 is 5.32 Å². The molecule has 0 aromatic rings. The molecule has 0 aliphatic carbocycles. The summed E-state index contributed by atoms with van der Waals surface area (Å²) in [6.45, 7) is 6.54. The summed E-state index contributed by atoms with van der Waals surface area (Å²) in [6, 6.07) is 0. The van der Waals surface area contributed by atoms with Gasteiger partial charge < -0.3 is 15.2 Å². The van der Waals surface area contributed by atoms with Gasteiger partial charge in [-0.1, -0.05) is 13.8 Å². The molecule has 4 heteroatoms. The minimum atomic E-state index is -0.459. The molecular formula is C12H23NO3. The van der Waals surface area contributed by atoms with Crippen molar-refractivity contribution in [1.29, 1.82) is 0 Å². The monoisotopic (exact) mass is 229 g/mol. The van der Waals surface area contributed by atoms with Crippen molar-refractivity contribution in [2.45, 2.75) is 51.7 Å². The molecule has 0 spiro atoms. The van der Waals surface area contributed by atoms with Crippen LogP contribution in [0.2, 0.25) is 0 Å². The van der Waals surface area contributed by atoms with Crippen molar-refractivity contribution < 1.29 is 14.6 Å². The molecule has 0 bridgehead atoms. The maximum Gasteiger partial charge on any atom is 0.226 e. The van der Waals surface area contributed by atoms with Gasteiger partial charge in [0.2, 0.25) is 5.91 Å². The number of aliphatic hydroxyl groups is 1. The fourth-order valence-electron chi connectivity index (χ4n) is 2.12. The normalized spacial score (nSPS) is 25.8. The van der Waals surface area contributed by atoms with E-state index in [1.807, 2.05) is 20.8 Å². The lowest BCUT2D eigenvalue weighted by atomic mass is 9.91. The van der Waals surface area contributed by atoms with Crippen LogP contribution in [0, 0.1) is 5.92 Å². The fraction of sp³-hybridized carbons (Fsp3) is 0.917. The Morgan fingerprint density at radius 1 is 1.50 bits per heavy atom. The van der Waals surface area contributed by atoms with Gasteiger partial charge in [0.05, 0.1) is 24.2 Å². The summed E-state index contributed by atoms with van der Waals surface area (Å²) in [5, 5.41) is 12.4. The number of rotatable bonds is 5. The first kappa shape index (κ1) is 13.5. The van der Waals surface area contributed by atoms with E-state index in [2.05, 4.69) is 5.32 Å². The highest BCUT2D eigenvalue weighted by Crippen LogP contribution is 2.23. The molecule has 16 heavy (non-hydrogen) atoms. The second kappa shape index (κ2) is 5.64. The molecule has 0 saturated carbocycles. The van der Waals surface area contributed by atoms with Crippen molar-refractivity contribution in [3.05, 3.63) is 0 Å². The van der Waals surface area contributed by atoms with Crippen LogP contribution in [-0.4, -0.2) is 35.9 Å². The lowest BCUT2D eigenvalue weighted by Gasteiger charge is -2.32. The van der Waals surface area contributed by atoms with Crippen molar-refractivity contribution in [2.75, 3.05) is 13.2 Å². The Bertz CT molecular complexity index is 230. The molecule has 0 radical (unpaired) electrons. The van der Waals surface area contributed by atoms with Gasteiger partial charge in [-0.15, -0.1) is 0 Å². The summed E-state index contributed by atoms with van der Waals surface area (Å²) in [4.78, 5) is 12.0. The van der Waals surface area contributed by atoms with E-state index in [0.29, 0.717) is 6.61 Å². The third-order valence-corrected chi connectivity index (χ3v) is 3.76. The molecule has 1 saturated heterocycles. The number of carbonyl (C=O) groups excluding carboxylic acids is 1. The van der Waals surface area contributed by atoms with Crippen molar-refractivity contribution >= 4 is 5.91 Å². The molecule has 0 aromatic carbocycles. The number of nitrogens with one attached hydrogen (secondary N) is 1. The average molecular weight is 229 g/mol. The van der Waals surface area contributed by atoms with Gasteiger partial charge >= 0.3 is 0 Å². The zero-order valence-corrected chi connectivity index (χ0v) is 10.5. The largest absolute Gasteiger partial charge is 0.394 e. The molecular weight excluding hydrogens is 206 g/mol. The second-order valence-corrected chi connectivity index (χ2v) is 4.61. The number of amides is 1. The molecule has 1 aliphatic heterocycles. The van der Waals surface area contributed by atoms with Crippen LogP contribution in [0.1, 0.15) is 40.0 Å². The minimum absolute atomic E-state index is 0.00625. The van der Waals surface area contributed by atoms with Gasteiger partial charge in [-0.2, -0.15) is 0 Å². The number of carbonyl (C=O) groups is 1. The quantitative estimate of drug-likeness (QED) is 0.741. The van der Waals surface area contributed by atoms with Gasteiger partial charge in [0, 0.05) is 6.61 Å². The highest BCUT2D eigenvalue weighted by atomic mass is 16.5. The Labute approximate surface area is 97.4 Å². The Balaban J connectivity index is 2.61. The molecule has 2 N–H and O–H groups in total. The number of aliphatic hydroxyl groups excluding tert-OH is 1. The van der Waals surface area contributed by atoms with Crippen LogP contribution in [0.15, 0.2) is 0 Å². The number of hydrogen-bond donors (Lipinski definition) is 2. The minimum Gasteiger partial charge on any atom is -0.394 e. The average Bonchev–Trinajstić information content (AvgIpc) is 2.72. The molecule has 1 fully saturated rings. The number of ether oxygens (including phenoxy) is 1. The SMILES string of the molecule is CCC(CC)(CO)NC(=O)C1CCOC1C. The van der Waals surface area contributed by atoms with E-state index in [1.165, 1.54) is 0 Å². The summed E-state index contributed by atoms with van der Waals surface area (Å²) in [7, 11) is 0. The lowest BCUT2D eigenvalue weighted by molar-refractivity contribution is -0.129. The summed E-state index contributed by atoms with van der Waals surface area (Å²) in [5.74, 6) is -0.0493. The van der Waals surface area contributed by atoms with E-state index in [9.17, 15) is 9.90 Å². The summed E-state index contributed by atoms with van der Waals surface area (Å²) in [5.41, 5.74) is -0.459. The highest BCUT2D eigenvalue weighted by molar-refractivity contribution is 5.80. The van der Waals surface area contributed by atoms with Crippen LogP contribution >= 0.6 is 0 Å². The van der Waals surface area contributed by atoms with Crippen LogP contribution in [0.25, 0.3) is 0 Å². The number of hydrogen-bond acceptors (Lipinski definition) is 3. The Morgan fingerprint density at radius 3 is 2.50 bits per heavy atom. The van der Waals surface area contributed by atoms with Crippen LogP contribution in [0.5, 0.6) is 0 Å². The zero-order chi connectivity index (χ0) is 12.2. The van der Waals surface area contributed by atoms with Gasteiger partial charge in [0.1, 0.15) is 0 Å². The predicted octanol–water partition coefficient (Wildman–Crippen LogP) is 1.08. The standard InChI is InChI=1S/C12H23NO3/c1-4-12(5-2,8-14)13-11(15)10-6-7-16-9(10)3/h9-10,14H,4-8H2,1-3H3,(H,13,15). The highest BCUT2D eigenvalue weighted by Gasteiger charge is 2.35. The van der Waals surface area contributed by atoms with Crippen molar-refractivity contribution in [2.24, 2.45) is 5.92 Å². The van der Waals surface area contributed by atoms with Gasteiger partial charge in [0.15, 0.2) is 0 Å². The van der Waals surface area contributed by atoms with Gasteiger partial charge in [-0.3, -0.25) is 4.79 Å². The van der Waals surface area contributed by atoms with Gasteiger partial charge in [-0.25, -0.2) is 0 Å². The Hall–Kier alpha value is -0.610. The molecule has 1 rings (SSSR count). The molecule has 94 valence electrons. The Kier molecular flexibility index (Phi) is 4.74. The third-order valence-electron chi connectivity index (χ3n) is 3.76. The van der Waals surface area contributed by atoms with Crippen molar-refractivity contribution in [1.82, 2.24) is 5.32 Å². The lowest BCUT2D eigenvalue weighted by Crippen LogP contribution is -2.53. The smallest absolute Gasteiger partial charge is 0.226 e. The van der Waals surface area contributed by atoms with Gasteiger partial charge in [-0.05, 0) is 26.2 Å². The molecule has 2 atom stereocenters. The van der Waals surface area contributed by atoms with Gasteiger partial charge in [0.25, 0.3) is 0 Å². The van der Waals surface area contributed by atoms with Crippen LogP contribution in [-0.2, 0) is 9.53 Å². The maximum atomic E-state index is 12.0. The molecule has 1 heterocycles. The second-order valence-electron chi connectivity index (χ2n) is 4.61. The van der Waals surface area contributed by atoms with Crippen LogP contribution in [0.3, 0.4) is 0 Å². The Morgan fingerprint density at radius 2 is 2.12 bits per heavy atom. The van der Waals surface area contributed by atoms with E-state index < -0.39 is 5.54 Å². The topological polar surface area (TPSA) is 58.6 Å². The van der Waals surface area contributed by atoms with Crippen LogP contribution in [0.4, 0.5) is 0 Å². The third kappa shape index (κ3) is 2.74. The van der Waals surface area contributed by atoms with E-state index in [4.69, 9.17) is 4.74 Å². The maximum absolute atomic E-state index is 12.0. The van der Waals surface area contributed by atoms with E-state index >= 15 is 0 Å². The molecule has 1 aliphatic rings. The van der Waals surface area contributed by atoms with E-state index in [-0.39, 0.29) is 24.5 Å². The van der Waals surface area contributed by atoms with Crippen molar-refractivity contribution in [3.63, 3.8) is 0 Å². The van der Waals surface area contributed by atoms with E-state index in [1.54, 1.807) is 0 Å². The first-order chi connectivity index (χ1) is 7.58. The molecule has 1 amide bonds. The summed E-state index contributed by atoms with van der Waals surface area (Å²) in [6.07, 6.45) is 2.26. The van der Waals surface area contributed by atoms with Crippen molar-refractivity contribution in [3.8, 4) is 0 Å². The summed E-state index contributed by atoms with van der Waals surface area (Å²) < 4.78 is 5.38. The fourth-order valence-corrected chi connectivity index (χ4v) is 2.12. The van der Waals surface area contributed by atoms with E-state index in [0.717, 1.165) is 19.3 Å². The summed E-state index contributed by atoms with van der Waals surface area (Å²) >= 11 is 0. The molecule has 4 nitrogen and oxygen atoms in total.